The van der Waals surface area contributed by atoms with Crippen molar-refractivity contribution in [3.63, 3.8) is 0 Å². The molecule has 126 valence electrons. The summed E-state index contributed by atoms with van der Waals surface area (Å²) in [6.45, 7) is 0.312. The van der Waals surface area contributed by atoms with Crippen molar-refractivity contribution >= 4 is 27.8 Å². The van der Waals surface area contributed by atoms with Gasteiger partial charge in [0.05, 0.1) is 13.4 Å². The second kappa shape index (κ2) is 5.90. The third kappa shape index (κ3) is 2.67. The van der Waals surface area contributed by atoms with Gasteiger partial charge in [-0.05, 0) is 30.3 Å². The van der Waals surface area contributed by atoms with Crippen molar-refractivity contribution in [2.45, 2.75) is 6.61 Å². The maximum Gasteiger partial charge on any atom is 0.352 e. The van der Waals surface area contributed by atoms with E-state index < -0.39 is 5.97 Å². The van der Waals surface area contributed by atoms with Gasteiger partial charge in [0.1, 0.15) is 29.4 Å². The Morgan fingerprint density at radius 3 is 2.88 bits per heavy atom. The number of benzene rings is 2. The topological polar surface area (TPSA) is 84.7 Å². The molecule has 0 bridgehead atoms. The van der Waals surface area contributed by atoms with Crippen molar-refractivity contribution in [2.24, 2.45) is 0 Å². The van der Waals surface area contributed by atoms with Gasteiger partial charge in [-0.2, -0.15) is 0 Å². The fraction of sp³-hybridized carbons (Fsp3) is 0.105. The molecule has 4 rings (SSSR count). The summed E-state index contributed by atoms with van der Waals surface area (Å²) in [6.07, 6.45) is 1.66. The highest BCUT2D eigenvalue weighted by molar-refractivity contribution is 5.96. The number of carboxylic acids is 1. The minimum atomic E-state index is -1.00. The lowest BCUT2D eigenvalue weighted by molar-refractivity contribution is 0.0691. The molecule has 0 saturated carbocycles. The van der Waals surface area contributed by atoms with Gasteiger partial charge in [-0.15, -0.1) is 0 Å². The number of aromatic carboxylic acids is 1. The average molecular weight is 337 g/mol. The van der Waals surface area contributed by atoms with Crippen LogP contribution in [0.2, 0.25) is 0 Å². The van der Waals surface area contributed by atoms with Gasteiger partial charge in [0.2, 0.25) is 0 Å². The number of nitrogens with one attached hydrogen (secondary N) is 1. The maximum atomic E-state index is 11.1. The van der Waals surface area contributed by atoms with E-state index in [1.165, 1.54) is 0 Å². The minimum Gasteiger partial charge on any atom is -0.497 e. The van der Waals surface area contributed by atoms with Crippen molar-refractivity contribution in [1.82, 2.24) is 4.98 Å². The Morgan fingerprint density at radius 2 is 2.08 bits per heavy atom. The molecule has 0 saturated heterocycles. The van der Waals surface area contributed by atoms with Crippen LogP contribution in [0.5, 0.6) is 11.5 Å². The van der Waals surface area contributed by atoms with Crippen LogP contribution in [0, 0.1) is 0 Å². The van der Waals surface area contributed by atoms with E-state index in [9.17, 15) is 4.79 Å². The summed E-state index contributed by atoms with van der Waals surface area (Å²) < 4.78 is 16.7. The summed E-state index contributed by atoms with van der Waals surface area (Å²) in [4.78, 5) is 14.0. The van der Waals surface area contributed by atoms with Crippen LogP contribution in [0.4, 0.5) is 0 Å². The smallest absolute Gasteiger partial charge is 0.352 e. The largest absolute Gasteiger partial charge is 0.497 e. The molecule has 2 aromatic carbocycles. The number of ether oxygens (including phenoxy) is 2. The number of furan rings is 1. The number of aromatic amines is 1. The van der Waals surface area contributed by atoms with E-state index in [1.54, 1.807) is 19.4 Å². The molecule has 6 nitrogen and oxygen atoms in total. The highest BCUT2D eigenvalue weighted by Crippen LogP contribution is 2.30. The van der Waals surface area contributed by atoms with Crippen LogP contribution in [-0.4, -0.2) is 23.2 Å². The van der Waals surface area contributed by atoms with E-state index in [4.69, 9.17) is 19.0 Å². The lowest BCUT2D eigenvalue weighted by Crippen LogP contribution is -1.95. The van der Waals surface area contributed by atoms with E-state index in [-0.39, 0.29) is 5.69 Å². The molecule has 0 atom stereocenters. The third-order valence-electron chi connectivity index (χ3n) is 4.10. The van der Waals surface area contributed by atoms with Crippen LogP contribution in [0.25, 0.3) is 21.9 Å². The fourth-order valence-electron chi connectivity index (χ4n) is 2.83. The molecule has 0 radical (unpaired) electrons. The predicted octanol–water partition coefficient (Wildman–Crippen LogP) is 4.20. The molecule has 4 aromatic rings. The molecule has 2 aromatic heterocycles. The van der Waals surface area contributed by atoms with Crippen LogP contribution in [0.1, 0.15) is 16.1 Å². The summed E-state index contributed by atoms with van der Waals surface area (Å²) in [5.74, 6) is 0.341. The second-order valence-corrected chi connectivity index (χ2v) is 5.62. The Kier molecular flexibility index (Phi) is 3.57. The van der Waals surface area contributed by atoms with Crippen molar-refractivity contribution in [1.29, 1.82) is 0 Å². The van der Waals surface area contributed by atoms with E-state index >= 15 is 0 Å². The molecule has 0 amide bonds. The van der Waals surface area contributed by atoms with Crippen molar-refractivity contribution in [3.8, 4) is 11.5 Å². The Morgan fingerprint density at radius 1 is 1.20 bits per heavy atom. The maximum absolute atomic E-state index is 11.1. The van der Waals surface area contributed by atoms with E-state index in [1.807, 2.05) is 36.4 Å². The molecule has 0 aliphatic carbocycles. The summed E-state index contributed by atoms with van der Waals surface area (Å²) >= 11 is 0. The number of rotatable bonds is 5. The molecular weight excluding hydrogens is 322 g/mol. The molecule has 2 heterocycles. The first-order valence-electron chi connectivity index (χ1n) is 7.67. The predicted molar refractivity (Wildman–Crippen MR) is 92.4 cm³/mol. The summed E-state index contributed by atoms with van der Waals surface area (Å²) in [6, 6.07) is 12.6. The average Bonchev–Trinajstić information content (AvgIpc) is 3.23. The van der Waals surface area contributed by atoms with E-state index in [0.29, 0.717) is 12.4 Å². The quantitative estimate of drug-likeness (QED) is 0.570. The van der Waals surface area contributed by atoms with Gasteiger partial charge in [-0.25, -0.2) is 4.79 Å². The first-order valence-corrected chi connectivity index (χ1v) is 7.67. The van der Waals surface area contributed by atoms with E-state index in [0.717, 1.165) is 33.2 Å². The van der Waals surface area contributed by atoms with Crippen LogP contribution in [0.15, 0.2) is 53.1 Å². The van der Waals surface area contributed by atoms with Crippen molar-refractivity contribution in [3.05, 3.63) is 60.0 Å². The molecule has 0 aliphatic rings. The normalized spacial score (nSPS) is 11.1. The Hall–Kier alpha value is -3.41. The Bertz CT molecular complexity index is 1080. The van der Waals surface area contributed by atoms with Crippen LogP contribution in [0.3, 0.4) is 0 Å². The SMILES string of the molecule is COc1ccc2c(COc3cccc4[nH]c(C(=O)O)cc34)coc2c1. The molecular formula is C19H15NO5. The number of hydrogen-bond acceptors (Lipinski definition) is 4. The third-order valence-corrected chi connectivity index (χ3v) is 4.10. The highest BCUT2D eigenvalue weighted by Gasteiger charge is 2.12. The second-order valence-electron chi connectivity index (χ2n) is 5.62. The standard InChI is InChI=1S/C19H15NO5/c1-23-12-5-6-13-11(10-25-18(13)7-12)9-24-17-4-2-3-15-14(17)8-16(20-15)19(21)22/h2-8,10,20H,9H2,1H3,(H,21,22). The lowest BCUT2D eigenvalue weighted by Gasteiger charge is -2.06. The zero-order valence-electron chi connectivity index (χ0n) is 13.4. The number of fused-ring (bicyclic) bond motifs is 2. The lowest BCUT2D eigenvalue weighted by atomic mass is 10.2. The molecule has 6 heteroatoms. The monoisotopic (exact) mass is 337 g/mol. The summed E-state index contributed by atoms with van der Waals surface area (Å²) in [7, 11) is 1.61. The van der Waals surface area contributed by atoms with Gasteiger partial charge in [0.25, 0.3) is 0 Å². The fourth-order valence-corrected chi connectivity index (χ4v) is 2.83. The minimum absolute atomic E-state index is 0.131. The van der Waals surface area contributed by atoms with Crippen LogP contribution >= 0.6 is 0 Å². The zero-order chi connectivity index (χ0) is 17.4. The summed E-state index contributed by atoms with van der Waals surface area (Å²) in [5, 5.41) is 10.8. The summed E-state index contributed by atoms with van der Waals surface area (Å²) in [5.41, 5.74) is 2.48. The number of H-pyrrole nitrogens is 1. The molecule has 0 unspecified atom stereocenters. The van der Waals surface area contributed by atoms with Gasteiger partial charge in [0, 0.05) is 27.9 Å². The first kappa shape index (κ1) is 15.1. The zero-order valence-corrected chi connectivity index (χ0v) is 13.4. The Balaban J connectivity index is 1.63. The molecule has 2 N–H and O–H groups in total. The van der Waals surface area contributed by atoms with Gasteiger partial charge in [-0.1, -0.05) is 6.07 Å². The van der Waals surface area contributed by atoms with Gasteiger partial charge in [0.15, 0.2) is 0 Å². The van der Waals surface area contributed by atoms with Gasteiger partial charge < -0.3 is 24.0 Å². The van der Waals surface area contributed by atoms with Crippen LogP contribution in [-0.2, 0) is 6.61 Å². The van der Waals surface area contributed by atoms with Crippen LogP contribution < -0.4 is 9.47 Å². The van der Waals surface area contributed by atoms with Crippen molar-refractivity contribution < 1.29 is 23.8 Å². The molecule has 0 fully saturated rings. The number of aromatic nitrogens is 1. The van der Waals surface area contributed by atoms with Crippen molar-refractivity contribution in [2.75, 3.05) is 7.11 Å². The highest BCUT2D eigenvalue weighted by atomic mass is 16.5. The number of hydrogen-bond donors (Lipinski definition) is 2. The van der Waals surface area contributed by atoms with Gasteiger partial charge >= 0.3 is 5.97 Å². The Labute approximate surface area is 142 Å². The molecule has 0 aliphatic heterocycles. The molecule has 0 spiro atoms. The molecule has 25 heavy (non-hydrogen) atoms. The van der Waals surface area contributed by atoms with Gasteiger partial charge in [-0.3, -0.25) is 0 Å². The number of carboxylic acid groups (broad SMARTS) is 1. The number of carbonyl (C=O) groups is 1. The number of methoxy groups -OCH3 is 1. The first-order chi connectivity index (χ1) is 12.2. The van der Waals surface area contributed by atoms with E-state index in [2.05, 4.69) is 4.98 Å².